The van der Waals surface area contributed by atoms with E-state index in [1.807, 2.05) is 41.8 Å². The van der Waals surface area contributed by atoms with Crippen molar-refractivity contribution in [2.45, 2.75) is 19.9 Å². The molecule has 0 saturated carbocycles. The first-order chi connectivity index (χ1) is 15.1. The molecular weight excluding hydrogens is 414 g/mol. The normalized spacial score (nSPS) is 11.6. The molecule has 0 fully saturated rings. The standard InChI is InChI=1S/C23H19N3O4S/c1-2-14-25-19-13-12-16(26(28)29)15-21(19)31-23(25)24-22(27)18-10-6-7-11-20(18)30-17-8-4-3-5-9-17/h3-13,15H,2,14H2,1H3. The van der Waals surface area contributed by atoms with Gasteiger partial charge >= 0.3 is 0 Å². The molecule has 0 radical (unpaired) electrons. The maximum atomic E-state index is 13.1. The lowest BCUT2D eigenvalue weighted by Gasteiger charge is -2.08. The quantitative estimate of drug-likeness (QED) is 0.294. The van der Waals surface area contributed by atoms with Crippen molar-refractivity contribution in [3.05, 3.63) is 93.3 Å². The summed E-state index contributed by atoms with van der Waals surface area (Å²) in [6.07, 6.45) is 0.831. The Hall–Kier alpha value is -3.78. The summed E-state index contributed by atoms with van der Waals surface area (Å²) >= 11 is 1.26. The Bertz CT molecular complexity index is 1330. The number of thiazole rings is 1. The van der Waals surface area contributed by atoms with Gasteiger partial charge in [-0.2, -0.15) is 4.99 Å². The molecule has 0 unspecified atom stereocenters. The second kappa shape index (κ2) is 8.93. The number of nitro groups is 1. The summed E-state index contributed by atoms with van der Waals surface area (Å²) in [6, 6.07) is 20.9. The van der Waals surface area contributed by atoms with Gasteiger partial charge in [-0.1, -0.05) is 48.6 Å². The van der Waals surface area contributed by atoms with Gasteiger partial charge in [0.05, 0.1) is 20.7 Å². The number of carbonyl (C=O) groups excluding carboxylic acids is 1. The molecule has 0 spiro atoms. The van der Waals surface area contributed by atoms with Crippen LogP contribution in [0.5, 0.6) is 11.5 Å². The molecule has 31 heavy (non-hydrogen) atoms. The molecular formula is C23H19N3O4S. The number of carbonyl (C=O) groups is 1. The number of fused-ring (bicyclic) bond motifs is 1. The lowest BCUT2D eigenvalue weighted by molar-refractivity contribution is -0.384. The second-order valence-corrected chi connectivity index (χ2v) is 7.78. The molecule has 156 valence electrons. The van der Waals surface area contributed by atoms with Crippen LogP contribution >= 0.6 is 11.3 Å². The average molecular weight is 433 g/mol. The fourth-order valence-corrected chi connectivity index (χ4v) is 4.28. The molecule has 0 aliphatic rings. The number of non-ortho nitro benzene ring substituents is 1. The van der Waals surface area contributed by atoms with Crippen molar-refractivity contribution < 1.29 is 14.5 Å². The van der Waals surface area contributed by atoms with Crippen LogP contribution < -0.4 is 9.54 Å². The Morgan fingerprint density at radius 1 is 1.10 bits per heavy atom. The molecule has 1 amide bonds. The zero-order chi connectivity index (χ0) is 21.8. The lowest BCUT2D eigenvalue weighted by Crippen LogP contribution is -2.17. The number of hydrogen-bond donors (Lipinski definition) is 0. The summed E-state index contributed by atoms with van der Waals surface area (Å²) in [4.78, 5) is 28.6. The van der Waals surface area contributed by atoms with Crippen LogP contribution in [0.3, 0.4) is 0 Å². The van der Waals surface area contributed by atoms with Gasteiger partial charge in [0.25, 0.3) is 11.6 Å². The molecule has 1 heterocycles. The number of amides is 1. The predicted molar refractivity (Wildman–Crippen MR) is 120 cm³/mol. The zero-order valence-corrected chi connectivity index (χ0v) is 17.5. The van der Waals surface area contributed by atoms with Gasteiger partial charge in [0.15, 0.2) is 4.80 Å². The molecule has 1 aromatic heterocycles. The van der Waals surface area contributed by atoms with Crippen molar-refractivity contribution >= 4 is 33.1 Å². The molecule has 7 nitrogen and oxygen atoms in total. The van der Waals surface area contributed by atoms with E-state index in [1.54, 1.807) is 30.3 Å². The van der Waals surface area contributed by atoms with E-state index in [0.29, 0.717) is 33.1 Å². The van der Waals surface area contributed by atoms with Gasteiger partial charge in [0.1, 0.15) is 11.5 Å². The third-order valence-electron chi connectivity index (χ3n) is 4.61. The predicted octanol–water partition coefficient (Wildman–Crippen LogP) is 5.55. The molecule has 0 aliphatic carbocycles. The van der Waals surface area contributed by atoms with E-state index in [4.69, 9.17) is 4.74 Å². The summed E-state index contributed by atoms with van der Waals surface area (Å²) in [6.45, 7) is 2.67. The van der Waals surface area contributed by atoms with Crippen LogP contribution in [0.15, 0.2) is 77.8 Å². The molecule has 3 aromatic carbocycles. The first-order valence-corrected chi connectivity index (χ1v) is 10.6. The van der Waals surface area contributed by atoms with Crippen LogP contribution in [-0.4, -0.2) is 15.4 Å². The zero-order valence-electron chi connectivity index (χ0n) is 16.7. The lowest BCUT2D eigenvalue weighted by atomic mass is 10.2. The maximum absolute atomic E-state index is 13.1. The first kappa shape index (κ1) is 20.5. The van der Waals surface area contributed by atoms with Crippen molar-refractivity contribution in [3.63, 3.8) is 0 Å². The van der Waals surface area contributed by atoms with Crippen LogP contribution in [0.4, 0.5) is 5.69 Å². The molecule has 0 N–H and O–H groups in total. The highest BCUT2D eigenvalue weighted by atomic mass is 32.1. The van der Waals surface area contributed by atoms with Gasteiger partial charge in [-0.15, -0.1) is 0 Å². The number of benzene rings is 3. The topological polar surface area (TPSA) is 86.7 Å². The molecule has 0 aliphatic heterocycles. The van der Waals surface area contributed by atoms with E-state index in [2.05, 4.69) is 4.99 Å². The number of nitrogens with zero attached hydrogens (tertiary/aromatic N) is 3. The second-order valence-electron chi connectivity index (χ2n) is 6.77. The largest absolute Gasteiger partial charge is 0.457 e. The van der Waals surface area contributed by atoms with E-state index in [9.17, 15) is 14.9 Å². The van der Waals surface area contributed by atoms with Crippen LogP contribution in [-0.2, 0) is 6.54 Å². The Balaban J connectivity index is 1.77. The van der Waals surface area contributed by atoms with Crippen molar-refractivity contribution in [1.82, 2.24) is 4.57 Å². The number of para-hydroxylation sites is 2. The third-order valence-corrected chi connectivity index (χ3v) is 5.65. The minimum absolute atomic E-state index is 0.0110. The van der Waals surface area contributed by atoms with Crippen LogP contribution in [0, 0.1) is 10.1 Å². The van der Waals surface area contributed by atoms with Gasteiger partial charge in [0, 0.05) is 18.7 Å². The summed E-state index contributed by atoms with van der Waals surface area (Å²) in [5.74, 6) is 0.608. The highest BCUT2D eigenvalue weighted by Gasteiger charge is 2.15. The van der Waals surface area contributed by atoms with E-state index in [0.717, 1.165) is 11.9 Å². The molecule has 4 aromatic rings. The third kappa shape index (κ3) is 4.39. The number of hydrogen-bond acceptors (Lipinski definition) is 5. The van der Waals surface area contributed by atoms with Gasteiger partial charge in [0.2, 0.25) is 0 Å². The molecule has 0 atom stereocenters. The molecule has 8 heteroatoms. The monoisotopic (exact) mass is 433 g/mol. The fraction of sp³-hybridized carbons (Fsp3) is 0.130. The highest BCUT2D eigenvalue weighted by Crippen LogP contribution is 2.26. The number of aromatic nitrogens is 1. The van der Waals surface area contributed by atoms with Crippen molar-refractivity contribution in [2.24, 2.45) is 4.99 Å². The Kier molecular flexibility index (Phi) is 5.90. The molecule has 4 rings (SSSR count). The summed E-state index contributed by atoms with van der Waals surface area (Å²) in [5.41, 5.74) is 1.17. The first-order valence-electron chi connectivity index (χ1n) is 9.75. The molecule has 0 saturated heterocycles. The summed E-state index contributed by atoms with van der Waals surface area (Å²) in [7, 11) is 0. The smallest absolute Gasteiger partial charge is 0.283 e. The fourth-order valence-electron chi connectivity index (χ4n) is 3.20. The Labute approximate surface area is 182 Å². The average Bonchev–Trinajstić information content (AvgIpc) is 3.11. The van der Waals surface area contributed by atoms with Crippen LogP contribution in [0.1, 0.15) is 23.7 Å². The number of aryl methyl sites for hydroxylation is 1. The van der Waals surface area contributed by atoms with Gasteiger partial charge in [-0.05, 0) is 36.8 Å². The highest BCUT2D eigenvalue weighted by molar-refractivity contribution is 7.16. The van der Waals surface area contributed by atoms with Crippen LogP contribution in [0.2, 0.25) is 0 Å². The van der Waals surface area contributed by atoms with Gasteiger partial charge in [-0.3, -0.25) is 14.9 Å². The number of nitro benzene ring substituents is 1. The van der Waals surface area contributed by atoms with Gasteiger partial charge in [-0.25, -0.2) is 0 Å². The Morgan fingerprint density at radius 2 is 1.84 bits per heavy atom. The van der Waals surface area contributed by atoms with Crippen LogP contribution in [0.25, 0.3) is 10.2 Å². The SMILES string of the molecule is CCCn1c(=NC(=O)c2ccccc2Oc2ccccc2)sc2cc([N+](=O)[O-])ccc21. The van der Waals surface area contributed by atoms with E-state index < -0.39 is 10.8 Å². The van der Waals surface area contributed by atoms with E-state index in [1.165, 1.54) is 23.5 Å². The maximum Gasteiger partial charge on any atom is 0.283 e. The van der Waals surface area contributed by atoms with Crippen molar-refractivity contribution in [2.75, 3.05) is 0 Å². The minimum Gasteiger partial charge on any atom is -0.457 e. The summed E-state index contributed by atoms with van der Waals surface area (Å²) < 4.78 is 8.52. The van der Waals surface area contributed by atoms with E-state index >= 15 is 0 Å². The summed E-state index contributed by atoms with van der Waals surface area (Å²) in [5, 5.41) is 11.1. The number of ether oxygens (including phenoxy) is 1. The minimum atomic E-state index is -0.433. The molecule has 0 bridgehead atoms. The van der Waals surface area contributed by atoms with Gasteiger partial charge < -0.3 is 9.30 Å². The van der Waals surface area contributed by atoms with E-state index in [-0.39, 0.29) is 5.69 Å². The van der Waals surface area contributed by atoms with Crippen molar-refractivity contribution in [3.8, 4) is 11.5 Å². The number of rotatable bonds is 6. The van der Waals surface area contributed by atoms with Crippen molar-refractivity contribution in [1.29, 1.82) is 0 Å². The Morgan fingerprint density at radius 3 is 2.58 bits per heavy atom.